The molecule has 4 nitrogen and oxygen atoms in total. The number of nitrogens with one attached hydrogen (secondary N) is 2. The number of hydrogen-bond donors (Lipinski definition) is 2. The van der Waals surface area contributed by atoms with Crippen molar-refractivity contribution >= 4 is 6.03 Å². The molecule has 0 bridgehead atoms. The number of carbonyl (C=O) groups is 1. The molecule has 1 aromatic carbocycles. The topological polar surface area (TPSA) is 50.4 Å². The van der Waals surface area contributed by atoms with Crippen molar-refractivity contribution in [2.24, 2.45) is 5.41 Å². The van der Waals surface area contributed by atoms with Crippen LogP contribution in [0.2, 0.25) is 0 Å². The Bertz CT molecular complexity index is 678. The van der Waals surface area contributed by atoms with E-state index in [2.05, 4.69) is 24.5 Å². The maximum atomic E-state index is 14.1. The average Bonchev–Trinajstić information content (AvgIpc) is 3.30. The van der Waals surface area contributed by atoms with Crippen LogP contribution in [0.15, 0.2) is 18.2 Å². The van der Waals surface area contributed by atoms with Crippen molar-refractivity contribution in [3.05, 3.63) is 35.1 Å². The Morgan fingerprint density at radius 2 is 2.08 bits per heavy atom. The Hall–Kier alpha value is -1.62. The summed E-state index contributed by atoms with van der Waals surface area (Å²) in [6.07, 6.45) is 5.30. The molecule has 25 heavy (non-hydrogen) atoms. The molecule has 1 heterocycles. The molecule has 1 aromatic rings. The predicted octanol–water partition coefficient (Wildman–Crippen LogP) is 3.85. The van der Waals surface area contributed by atoms with Crippen LogP contribution in [0, 0.1) is 11.2 Å². The summed E-state index contributed by atoms with van der Waals surface area (Å²) in [5, 5.41) is 5.77. The first kappa shape index (κ1) is 16.8. The smallest absolute Gasteiger partial charge is 0.315 e. The van der Waals surface area contributed by atoms with Crippen LogP contribution in [-0.4, -0.2) is 24.3 Å². The second-order valence-corrected chi connectivity index (χ2v) is 8.78. The molecule has 136 valence electrons. The highest BCUT2D eigenvalue weighted by Crippen LogP contribution is 2.52. The van der Waals surface area contributed by atoms with Gasteiger partial charge < -0.3 is 15.4 Å². The van der Waals surface area contributed by atoms with Crippen LogP contribution in [0.4, 0.5) is 9.18 Å². The fourth-order valence-corrected chi connectivity index (χ4v) is 4.49. The van der Waals surface area contributed by atoms with Gasteiger partial charge in [0.2, 0.25) is 0 Å². The Labute approximate surface area is 148 Å². The zero-order valence-electron chi connectivity index (χ0n) is 15.0. The van der Waals surface area contributed by atoms with Gasteiger partial charge in [-0.25, -0.2) is 9.18 Å². The molecule has 1 saturated heterocycles. The summed E-state index contributed by atoms with van der Waals surface area (Å²) < 4.78 is 19.9. The summed E-state index contributed by atoms with van der Waals surface area (Å²) in [5.41, 5.74) is 1.81. The van der Waals surface area contributed by atoms with E-state index in [4.69, 9.17) is 4.74 Å². The van der Waals surface area contributed by atoms with Gasteiger partial charge in [-0.1, -0.05) is 12.1 Å². The number of carbonyl (C=O) groups excluding carboxylic acids is 1. The van der Waals surface area contributed by atoms with E-state index in [1.54, 1.807) is 12.1 Å². The quantitative estimate of drug-likeness (QED) is 0.870. The van der Waals surface area contributed by atoms with Crippen LogP contribution in [-0.2, 0) is 11.3 Å². The molecule has 1 spiro atoms. The Morgan fingerprint density at radius 3 is 2.68 bits per heavy atom. The molecule has 2 N–H and O–H groups in total. The third-order valence-corrected chi connectivity index (χ3v) is 5.83. The fourth-order valence-electron chi connectivity index (χ4n) is 4.49. The van der Waals surface area contributed by atoms with E-state index in [0.29, 0.717) is 11.5 Å². The number of ether oxygens (including phenoxy) is 1. The molecular formula is C20H27FN2O2. The lowest BCUT2D eigenvalue weighted by molar-refractivity contribution is 0.0188. The summed E-state index contributed by atoms with van der Waals surface area (Å²) in [6.45, 7) is 5.26. The highest BCUT2D eigenvalue weighted by Gasteiger charge is 2.52. The molecule has 2 saturated carbocycles. The van der Waals surface area contributed by atoms with Crippen LogP contribution < -0.4 is 10.6 Å². The van der Waals surface area contributed by atoms with Crippen molar-refractivity contribution in [2.45, 2.75) is 70.1 Å². The molecular weight excluding hydrogens is 319 g/mol. The maximum absolute atomic E-state index is 14.1. The number of urea groups is 1. The van der Waals surface area contributed by atoms with Crippen LogP contribution >= 0.6 is 0 Å². The lowest BCUT2D eigenvalue weighted by Gasteiger charge is -2.44. The Balaban J connectivity index is 1.23. The first-order valence-corrected chi connectivity index (χ1v) is 9.31. The van der Waals surface area contributed by atoms with Crippen LogP contribution in [0.1, 0.15) is 63.0 Å². The first-order chi connectivity index (χ1) is 11.8. The maximum Gasteiger partial charge on any atom is 0.315 e. The minimum Gasteiger partial charge on any atom is -0.375 e. The van der Waals surface area contributed by atoms with Gasteiger partial charge in [0.05, 0.1) is 12.2 Å². The molecule has 0 atom stereocenters. The number of hydrogen-bond acceptors (Lipinski definition) is 2. The Kier molecular flexibility index (Phi) is 4.02. The predicted molar refractivity (Wildman–Crippen MR) is 93.8 cm³/mol. The second kappa shape index (κ2) is 5.97. The van der Waals surface area contributed by atoms with Gasteiger partial charge in [0.1, 0.15) is 5.82 Å². The Morgan fingerprint density at radius 1 is 1.32 bits per heavy atom. The molecule has 2 amide bonds. The number of benzene rings is 1. The monoisotopic (exact) mass is 346 g/mol. The van der Waals surface area contributed by atoms with Crippen molar-refractivity contribution in [1.82, 2.24) is 10.6 Å². The van der Waals surface area contributed by atoms with Crippen LogP contribution in [0.3, 0.4) is 0 Å². The van der Waals surface area contributed by atoms with Crippen LogP contribution in [0.5, 0.6) is 0 Å². The lowest BCUT2D eigenvalue weighted by atomic mass is 9.63. The number of amides is 2. The summed E-state index contributed by atoms with van der Waals surface area (Å²) >= 11 is 0. The SMILES string of the molecule is CC1(C)CC2(CO1)CC(NC(=O)NCc1ccc(C3CC3)cc1F)C2. The van der Waals surface area contributed by atoms with Gasteiger partial charge >= 0.3 is 6.03 Å². The minimum absolute atomic E-state index is 0.0443. The molecule has 5 heteroatoms. The van der Waals surface area contributed by atoms with E-state index in [1.807, 2.05) is 6.07 Å². The fraction of sp³-hybridized carbons (Fsp3) is 0.650. The minimum atomic E-state index is -0.224. The van der Waals surface area contributed by atoms with Gasteiger partial charge in [-0.15, -0.1) is 0 Å². The van der Waals surface area contributed by atoms with E-state index in [1.165, 1.54) is 0 Å². The van der Waals surface area contributed by atoms with Gasteiger partial charge in [0, 0.05) is 23.6 Å². The third kappa shape index (κ3) is 3.66. The van der Waals surface area contributed by atoms with Gasteiger partial charge in [0.25, 0.3) is 0 Å². The highest BCUT2D eigenvalue weighted by molar-refractivity contribution is 5.74. The van der Waals surface area contributed by atoms with Crippen LogP contribution in [0.25, 0.3) is 0 Å². The number of rotatable bonds is 4. The van der Waals surface area contributed by atoms with Crippen molar-refractivity contribution < 1.29 is 13.9 Å². The van der Waals surface area contributed by atoms with Gasteiger partial charge in [0.15, 0.2) is 0 Å². The van der Waals surface area contributed by atoms with Gasteiger partial charge in [-0.3, -0.25) is 0 Å². The molecule has 3 fully saturated rings. The molecule has 4 rings (SSSR count). The van der Waals surface area contributed by atoms with E-state index < -0.39 is 0 Å². The second-order valence-electron chi connectivity index (χ2n) is 8.78. The molecule has 2 aliphatic carbocycles. The molecule has 0 radical (unpaired) electrons. The van der Waals surface area contributed by atoms with Gasteiger partial charge in [-0.05, 0) is 63.5 Å². The van der Waals surface area contributed by atoms with E-state index >= 15 is 0 Å². The zero-order chi connectivity index (χ0) is 17.7. The van der Waals surface area contributed by atoms with Crippen molar-refractivity contribution in [1.29, 1.82) is 0 Å². The van der Waals surface area contributed by atoms with Gasteiger partial charge in [-0.2, -0.15) is 0 Å². The lowest BCUT2D eigenvalue weighted by Crippen LogP contribution is -2.53. The summed E-state index contributed by atoms with van der Waals surface area (Å²) in [5.74, 6) is 0.313. The van der Waals surface area contributed by atoms with E-state index in [0.717, 1.165) is 44.3 Å². The summed E-state index contributed by atoms with van der Waals surface area (Å²) in [4.78, 5) is 12.1. The normalized spacial score (nSPS) is 30.1. The average molecular weight is 346 g/mol. The molecule has 0 unspecified atom stereocenters. The largest absolute Gasteiger partial charge is 0.375 e. The van der Waals surface area contributed by atoms with Crippen molar-refractivity contribution in [3.63, 3.8) is 0 Å². The standard InChI is InChI=1S/C20H27FN2O2/c1-19(2)11-20(12-25-19)8-16(9-20)23-18(24)22-10-15-6-5-14(7-17(15)21)13-3-4-13/h5-7,13,16H,3-4,8-12H2,1-2H3,(H2,22,23,24). The zero-order valence-corrected chi connectivity index (χ0v) is 15.0. The molecule has 1 aliphatic heterocycles. The summed E-state index contributed by atoms with van der Waals surface area (Å²) in [7, 11) is 0. The van der Waals surface area contributed by atoms with Crippen molar-refractivity contribution in [2.75, 3.05) is 6.61 Å². The first-order valence-electron chi connectivity index (χ1n) is 9.31. The number of halogens is 1. The summed E-state index contributed by atoms with van der Waals surface area (Å²) in [6, 6.07) is 5.36. The highest BCUT2D eigenvalue weighted by atomic mass is 19.1. The third-order valence-electron chi connectivity index (χ3n) is 5.83. The molecule has 0 aromatic heterocycles. The van der Waals surface area contributed by atoms with Crippen molar-refractivity contribution in [3.8, 4) is 0 Å². The van der Waals surface area contributed by atoms with E-state index in [-0.39, 0.29) is 35.5 Å². The molecule has 3 aliphatic rings. The van der Waals surface area contributed by atoms with E-state index in [9.17, 15) is 9.18 Å².